The van der Waals surface area contributed by atoms with Crippen LogP contribution in [0.3, 0.4) is 0 Å². The Hall–Kier alpha value is -1.53. The fourth-order valence-corrected chi connectivity index (χ4v) is 2.05. The molecular formula is C14H23N3O3. The van der Waals surface area contributed by atoms with Crippen molar-refractivity contribution in [2.45, 2.75) is 25.3 Å². The second kappa shape index (κ2) is 7.31. The van der Waals surface area contributed by atoms with E-state index in [9.17, 15) is 4.79 Å². The Bertz CT molecular complexity index is 441. The summed E-state index contributed by atoms with van der Waals surface area (Å²) in [5.41, 5.74) is 7.07. The van der Waals surface area contributed by atoms with Crippen molar-refractivity contribution in [1.29, 1.82) is 0 Å². The summed E-state index contributed by atoms with van der Waals surface area (Å²) in [4.78, 5) is 12.1. The van der Waals surface area contributed by atoms with Crippen LogP contribution in [0, 0.1) is 0 Å². The third-order valence-corrected chi connectivity index (χ3v) is 3.23. The quantitative estimate of drug-likeness (QED) is 0.666. The Balaban J connectivity index is 1.69. The molecular weight excluding hydrogens is 258 g/mol. The van der Waals surface area contributed by atoms with Gasteiger partial charge in [-0.15, -0.1) is 0 Å². The number of nitrogens with one attached hydrogen (secondary N) is 1. The van der Waals surface area contributed by atoms with Gasteiger partial charge in [0.25, 0.3) is 5.91 Å². The van der Waals surface area contributed by atoms with Gasteiger partial charge in [-0.3, -0.25) is 4.79 Å². The van der Waals surface area contributed by atoms with E-state index in [4.69, 9.17) is 15.2 Å². The number of hydrogen-bond donors (Lipinski definition) is 2. The highest BCUT2D eigenvalue weighted by molar-refractivity contribution is 5.93. The average Bonchev–Trinajstić information content (AvgIpc) is 3.20. The van der Waals surface area contributed by atoms with Crippen LogP contribution in [0.25, 0.3) is 0 Å². The number of ether oxygens (including phenoxy) is 2. The van der Waals surface area contributed by atoms with Crippen LogP contribution in [0.5, 0.6) is 0 Å². The molecule has 1 aliphatic carbocycles. The first-order valence-corrected chi connectivity index (χ1v) is 7.04. The number of anilines is 1. The first kappa shape index (κ1) is 14.9. The minimum atomic E-state index is -0.0644. The Kier molecular flexibility index (Phi) is 5.43. The zero-order valence-electron chi connectivity index (χ0n) is 11.9. The van der Waals surface area contributed by atoms with E-state index in [1.807, 2.05) is 10.8 Å². The summed E-state index contributed by atoms with van der Waals surface area (Å²) in [6.45, 7) is 2.41. The van der Waals surface area contributed by atoms with Crippen LogP contribution in [-0.4, -0.2) is 43.9 Å². The van der Waals surface area contributed by atoms with Gasteiger partial charge in [0.15, 0.2) is 0 Å². The predicted octanol–water partition coefficient (Wildman–Crippen LogP) is 1.19. The van der Waals surface area contributed by atoms with Crippen LogP contribution in [0.2, 0.25) is 0 Å². The van der Waals surface area contributed by atoms with Gasteiger partial charge in [0, 0.05) is 32.5 Å². The highest BCUT2D eigenvalue weighted by Gasteiger charge is 2.27. The predicted molar refractivity (Wildman–Crippen MR) is 76.8 cm³/mol. The summed E-state index contributed by atoms with van der Waals surface area (Å²) in [6, 6.07) is 2.19. The number of carbonyl (C=O) groups excluding carboxylic acids is 1. The molecule has 6 heteroatoms. The van der Waals surface area contributed by atoms with Gasteiger partial charge in [-0.05, 0) is 25.3 Å². The molecule has 6 nitrogen and oxygen atoms in total. The number of amides is 1. The standard InChI is InChI=1S/C14H23N3O3/c1-19-7-8-20-6-2-5-16-14(18)13-9-11(15)10-17(13)12-3-4-12/h9-10,12H,2-8,15H2,1H3,(H,16,18). The van der Waals surface area contributed by atoms with E-state index in [0.717, 1.165) is 19.3 Å². The van der Waals surface area contributed by atoms with Gasteiger partial charge in [-0.2, -0.15) is 0 Å². The van der Waals surface area contributed by atoms with Crippen molar-refractivity contribution in [3.8, 4) is 0 Å². The maximum Gasteiger partial charge on any atom is 0.267 e. The van der Waals surface area contributed by atoms with Gasteiger partial charge in [0.05, 0.1) is 18.9 Å². The minimum Gasteiger partial charge on any atom is -0.397 e. The maximum atomic E-state index is 12.1. The molecule has 1 saturated carbocycles. The topological polar surface area (TPSA) is 78.5 Å². The highest BCUT2D eigenvalue weighted by Crippen LogP contribution is 2.37. The van der Waals surface area contributed by atoms with E-state index >= 15 is 0 Å². The van der Waals surface area contributed by atoms with Gasteiger partial charge in [0.2, 0.25) is 0 Å². The summed E-state index contributed by atoms with van der Waals surface area (Å²) in [5.74, 6) is -0.0644. The lowest BCUT2D eigenvalue weighted by Crippen LogP contribution is -2.27. The molecule has 0 unspecified atom stereocenters. The minimum absolute atomic E-state index is 0.0644. The number of aromatic nitrogens is 1. The molecule has 0 aromatic carbocycles. The number of hydrogen-bond acceptors (Lipinski definition) is 4. The van der Waals surface area contributed by atoms with Crippen LogP contribution in [0.4, 0.5) is 5.69 Å². The summed E-state index contributed by atoms with van der Waals surface area (Å²) in [6.07, 6.45) is 4.89. The molecule has 1 aromatic rings. The van der Waals surface area contributed by atoms with Gasteiger partial charge < -0.3 is 25.1 Å². The van der Waals surface area contributed by atoms with Crippen molar-refractivity contribution in [3.05, 3.63) is 18.0 Å². The molecule has 2 rings (SSSR count). The van der Waals surface area contributed by atoms with Crippen LogP contribution < -0.4 is 11.1 Å². The number of nitrogens with two attached hydrogens (primary N) is 1. The van der Waals surface area contributed by atoms with Crippen LogP contribution in [-0.2, 0) is 9.47 Å². The molecule has 20 heavy (non-hydrogen) atoms. The first-order valence-electron chi connectivity index (χ1n) is 7.04. The van der Waals surface area contributed by atoms with Gasteiger partial charge in [-0.1, -0.05) is 0 Å². The maximum absolute atomic E-state index is 12.1. The summed E-state index contributed by atoms with van der Waals surface area (Å²) >= 11 is 0. The van der Waals surface area contributed by atoms with E-state index in [-0.39, 0.29) is 5.91 Å². The highest BCUT2D eigenvalue weighted by atomic mass is 16.5. The van der Waals surface area contributed by atoms with Crippen LogP contribution >= 0.6 is 0 Å². The molecule has 0 bridgehead atoms. The second-order valence-corrected chi connectivity index (χ2v) is 5.01. The van der Waals surface area contributed by atoms with E-state index in [0.29, 0.717) is 43.8 Å². The van der Waals surface area contributed by atoms with Crippen LogP contribution in [0.1, 0.15) is 35.8 Å². The smallest absolute Gasteiger partial charge is 0.267 e. The molecule has 112 valence electrons. The van der Waals surface area contributed by atoms with Gasteiger partial charge >= 0.3 is 0 Å². The summed E-state index contributed by atoms with van der Waals surface area (Å²) in [5, 5.41) is 2.90. The van der Waals surface area contributed by atoms with Crippen molar-refractivity contribution >= 4 is 11.6 Å². The van der Waals surface area contributed by atoms with Crippen molar-refractivity contribution in [3.63, 3.8) is 0 Å². The Morgan fingerprint density at radius 3 is 2.95 bits per heavy atom. The molecule has 1 heterocycles. The summed E-state index contributed by atoms with van der Waals surface area (Å²) < 4.78 is 12.2. The molecule has 1 fully saturated rings. The van der Waals surface area contributed by atoms with Gasteiger partial charge in [-0.25, -0.2) is 0 Å². The van der Waals surface area contributed by atoms with Crippen molar-refractivity contribution in [2.24, 2.45) is 0 Å². The second-order valence-electron chi connectivity index (χ2n) is 5.01. The van der Waals surface area contributed by atoms with Crippen molar-refractivity contribution in [1.82, 2.24) is 9.88 Å². The fraction of sp³-hybridized carbons (Fsp3) is 0.643. The number of methoxy groups -OCH3 is 1. The molecule has 0 radical (unpaired) electrons. The zero-order chi connectivity index (χ0) is 14.4. The fourth-order valence-electron chi connectivity index (χ4n) is 2.05. The van der Waals surface area contributed by atoms with E-state index in [1.165, 1.54) is 0 Å². The number of carbonyl (C=O) groups is 1. The molecule has 0 atom stereocenters. The zero-order valence-corrected chi connectivity index (χ0v) is 11.9. The Morgan fingerprint density at radius 2 is 2.25 bits per heavy atom. The molecule has 0 spiro atoms. The van der Waals surface area contributed by atoms with E-state index in [2.05, 4.69) is 5.32 Å². The number of nitrogens with zero attached hydrogens (tertiary/aromatic N) is 1. The van der Waals surface area contributed by atoms with E-state index in [1.54, 1.807) is 13.2 Å². The van der Waals surface area contributed by atoms with E-state index < -0.39 is 0 Å². The number of nitrogen functional groups attached to an aromatic ring is 1. The Morgan fingerprint density at radius 1 is 1.45 bits per heavy atom. The molecule has 1 aromatic heterocycles. The van der Waals surface area contributed by atoms with Gasteiger partial charge in [0.1, 0.15) is 5.69 Å². The monoisotopic (exact) mass is 281 g/mol. The third-order valence-electron chi connectivity index (χ3n) is 3.23. The van der Waals surface area contributed by atoms with Crippen LogP contribution in [0.15, 0.2) is 12.3 Å². The largest absolute Gasteiger partial charge is 0.397 e. The SMILES string of the molecule is COCCOCCCNC(=O)c1cc(N)cn1C1CC1. The summed E-state index contributed by atoms with van der Waals surface area (Å²) in [7, 11) is 1.64. The lowest BCUT2D eigenvalue weighted by atomic mass is 10.3. The Labute approximate surface area is 119 Å². The normalized spacial score (nSPS) is 14.4. The molecule has 0 saturated heterocycles. The van der Waals surface area contributed by atoms with Crippen molar-refractivity contribution < 1.29 is 14.3 Å². The van der Waals surface area contributed by atoms with Crippen molar-refractivity contribution in [2.75, 3.05) is 39.2 Å². The molecule has 1 aliphatic rings. The number of rotatable bonds is 9. The lowest BCUT2D eigenvalue weighted by Gasteiger charge is -2.08. The average molecular weight is 281 g/mol. The third kappa shape index (κ3) is 4.25. The lowest BCUT2D eigenvalue weighted by molar-refractivity contribution is 0.0688. The molecule has 0 aliphatic heterocycles. The molecule has 1 amide bonds. The first-order chi connectivity index (χ1) is 9.72. The molecule has 3 N–H and O–H groups in total.